The fourth-order valence-corrected chi connectivity index (χ4v) is 4.02. The summed E-state index contributed by atoms with van der Waals surface area (Å²) in [5.41, 5.74) is 5.23. The fraction of sp³-hybridized carbons (Fsp3) is 0.0690. The predicted molar refractivity (Wildman–Crippen MR) is 136 cm³/mol. The average Bonchev–Trinajstić information content (AvgIpc) is 3.35. The molecule has 5 rings (SSSR count). The van der Waals surface area contributed by atoms with E-state index in [0.29, 0.717) is 33.8 Å². The molecule has 4 aromatic rings. The van der Waals surface area contributed by atoms with Crippen molar-refractivity contribution in [2.45, 2.75) is 6.18 Å². The van der Waals surface area contributed by atoms with E-state index in [1.54, 1.807) is 42.5 Å². The van der Waals surface area contributed by atoms with Gasteiger partial charge in [-0.25, -0.2) is 18.6 Å². The van der Waals surface area contributed by atoms with Crippen LogP contribution in [0.5, 0.6) is 11.5 Å². The number of halogens is 5. The number of amides is 2. The van der Waals surface area contributed by atoms with Crippen LogP contribution in [0.4, 0.5) is 32.4 Å². The third-order valence-corrected chi connectivity index (χ3v) is 5.94. The SMILES string of the molecule is O=C(Nc1cccc(Oc2ccc(C(F)(F)F)cc2)c1)N1CC(c2ccc(F)cc2)=C(c2ccc(F)cc2)N1. The van der Waals surface area contributed by atoms with E-state index >= 15 is 0 Å². The first-order chi connectivity index (χ1) is 18.7. The van der Waals surface area contributed by atoms with Crippen LogP contribution in [0, 0.1) is 11.6 Å². The molecule has 0 atom stereocenters. The van der Waals surface area contributed by atoms with Gasteiger partial charge in [0.1, 0.15) is 23.1 Å². The minimum atomic E-state index is -4.45. The largest absolute Gasteiger partial charge is 0.457 e. The average molecular weight is 537 g/mol. The molecule has 1 aliphatic rings. The van der Waals surface area contributed by atoms with E-state index < -0.39 is 29.4 Å². The number of anilines is 1. The van der Waals surface area contributed by atoms with Crippen molar-refractivity contribution in [2.75, 3.05) is 11.9 Å². The summed E-state index contributed by atoms with van der Waals surface area (Å²) in [4.78, 5) is 13.1. The van der Waals surface area contributed by atoms with E-state index in [-0.39, 0.29) is 12.3 Å². The van der Waals surface area contributed by atoms with E-state index in [0.717, 1.165) is 12.1 Å². The molecule has 4 aromatic carbocycles. The molecule has 0 spiro atoms. The topological polar surface area (TPSA) is 53.6 Å². The molecule has 39 heavy (non-hydrogen) atoms. The lowest BCUT2D eigenvalue weighted by Gasteiger charge is -2.19. The molecule has 0 unspecified atom stereocenters. The van der Waals surface area contributed by atoms with Crippen molar-refractivity contribution in [3.63, 3.8) is 0 Å². The normalized spacial score (nSPS) is 13.3. The Kier molecular flexibility index (Phi) is 6.93. The smallest absolute Gasteiger partial charge is 0.416 e. The summed E-state index contributed by atoms with van der Waals surface area (Å²) in [5, 5.41) is 4.07. The number of carbonyl (C=O) groups is 1. The summed E-state index contributed by atoms with van der Waals surface area (Å²) in [5.74, 6) is -0.306. The Balaban J connectivity index is 1.31. The standard InChI is InChI=1S/C29H20F5N3O2/c30-21-10-4-18(5-11-21)26-17-37(36-27(26)19-6-12-22(31)13-7-19)28(38)35-23-2-1-3-25(16-23)39-24-14-8-20(9-15-24)29(32,33)34/h1-16,36H,17H2,(H,35,38). The molecular formula is C29H20F5N3O2. The van der Waals surface area contributed by atoms with Crippen LogP contribution in [0.1, 0.15) is 16.7 Å². The first-order valence-electron chi connectivity index (χ1n) is 11.7. The quantitative estimate of drug-likeness (QED) is 0.257. The van der Waals surface area contributed by atoms with Crippen molar-refractivity contribution in [3.8, 4) is 11.5 Å². The molecule has 0 saturated carbocycles. The molecule has 10 heteroatoms. The third-order valence-electron chi connectivity index (χ3n) is 5.94. The van der Waals surface area contributed by atoms with E-state index in [2.05, 4.69) is 10.7 Å². The third kappa shape index (κ3) is 6.01. The second kappa shape index (κ2) is 10.5. The van der Waals surface area contributed by atoms with Gasteiger partial charge in [-0.15, -0.1) is 0 Å². The van der Waals surface area contributed by atoms with Gasteiger partial charge in [-0.1, -0.05) is 18.2 Å². The maximum Gasteiger partial charge on any atom is 0.416 e. The van der Waals surface area contributed by atoms with Crippen molar-refractivity contribution in [1.29, 1.82) is 0 Å². The minimum Gasteiger partial charge on any atom is -0.457 e. The van der Waals surface area contributed by atoms with Gasteiger partial charge in [-0.3, -0.25) is 5.43 Å². The van der Waals surface area contributed by atoms with Crippen LogP contribution in [0.2, 0.25) is 0 Å². The highest BCUT2D eigenvalue weighted by Crippen LogP contribution is 2.33. The van der Waals surface area contributed by atoms with Crippen molar-refractivity contribution in [1.82, 2.24) is 10.4 Å². The van der Waals surface area contributed by atoms with Crippen LogP contribution in [-0.2, 0) is 6.18 Å². The van der Waals surface area contributed by atoms with Gasteiger partial charge in [0.05, 0.1) is 17.8 Å². The van der Waals surface area contributed by atoms with E-state index in [9.17, 15) is 26.7 Å². The number of alkyl halides is 3. The highest BCUT2D eigenvalue weighted by Gasteiger charge is 2.30. The van der Waals surface area contributed by atoms with Gasteiger partial charge in [-0.2, -0.15) is 13.2 Å². The highest BCUT2D eigenvalue weighted by atomic mass is 19.4. The lowest BCUT2D eigenvalue weighted by atomic mass is 10.0. The Hall–Kier alpha value is -4.86. The zero-order valence-corrected chi connectivity index (χ0v) is 20.1. The number of hydrogen-bond acceptors (Lipinski definition) is 3. The van der Waals surface area contributed by atoms with Crippen LogP contribution < -0.4 is 15.5 Å². The summed E-state index contributed by atoms with van der Waals surface area (Å²) in [7, 11) is 0. The molecule has 0 bridgehead atoms. The van der Waals surface area contributed by atoms with E-state index in [4.69, 9.17) is 4.74 Å². The van der Waals surface area contributed by atoms with Gasteiger partial charge >= 0.3 is 12.2 Å². The molecule has 0 aromatic heterocycles. The van der Waals surface area contributed by atoms with Gasteiger partial charge in [0, 0.05) is 17.3 Å². The van der Waals surface area contributed by atoms with Crippen LogP contribution in [0.15, 0.2) is 97.1 Å². The number of carbonyl (C=O) groups excluding carboxylic acids is 1. The molecule has 1 heterocycles. The maximum atomic E-state index is 13.5. The maximum absolute atomic E-state index is 13.5. The van der Waals surface area contributed by atoms with Crippen molar-refractivity contribution < 1.29 is 31.5 Å². The summed E-state index contributed by atoms with van der Waals surface area (Å²) >= 11 is 0. The summed E-state index contributed by atoms with van der Waals surface area (Å²) in [6.07, 6.45) is -4.45. The first-order valence-corrected chi connectivity index (χ1v) is 11.7. The Labute approximate surface area is 220 Å². The summed E-state index contributed by atoms with van der Waals surface area (Å²) < 4.78 is 71.1. The van der Waals surface area contributed by atoms with Crippen molar-refractivity contribution in [2.24, 2.45) is 0 Å². The predicted octanol–water partition coefficient (Wildman–Crippen LogP) is 7.70. The number of benzene rings is 4. The monoisotopic (exact) mass is 537 g/mol. The zero-order chi connectivity index (χ0) is 27.6. The molecule has 5 nitrogen and oxygen atoms in total. The van der Waals surface area contributed by atoms with Gasteiger partial charge in [0.25, 0.3) is 0 Å². The highest BCUT2D eigenvalue weighted by molar-refractivity contribution is 5.98. The number of nitrogens with zero attached hydrogens (tertiary/aromatic N) is 1. The van der Waals surface area contributed by atoms with Crippen molar-refractivity contribution in [3.05, 3.63) is 125 Å². The number of rotatable bonds is 5. The molecule has 198 valence electrons. The number of hydrogen-bond donors (Lipinski definition) is 2. The number of ether oxygens (including phenoxy) is 1. The number of urea groups is 1. The molecule has 2 amide bonds. The second-order valence-corrected chi connectivity index (χ2v) is 8.65. The summed E-state index contributed by atoms with van der Waals surface area (Å²) in [6, 6.07) is 21.7. The molecular weight excluding hydrogens is 517 g/mol. The van der Waals surface area contributed by atoms with Crippen LogP contribution in [-0.4, -0.2) is 17.6 Å². The lowest BCUT2D eigenvalue weighted by molar-refractivity contribution is -0.137. The second-order valence-electron chi connectivity index (χ2n) is 8.65. The molecule has 0 aliphatic carbocycles. The van der Waals surface area contributed by atoms with Gasteiger partial charge in [-0.05, 0) is 83.9 Å². The molecule has 0 saturated heterocycles. The Morgan fingerprint density at radius 1 is 0.795 bits per heavy atom. The number of nitrogens with one attached hydrogen (secondary N) is 2. The van der Waals surface area contributed by atoms with Crippen LogP contribution >= 0.6 is 0 Å². The minimum absolute atomic E-state index is 0.131. The Morgan fingerprint density at radius 2 is 1.41 bits per heavy atom. The number of hydrazine groups is 1. The van der Waals surface area contributed by atoms with E-state index in [1.807, 2.05) is 0 Å². The molecule has 1 aliphatic heterocycles. The Morgan fingerprint density at radius 3 is 2.03 bits per heavy atom. The Bertz CT molecular complexity index is 1460. The van der Waals surface area contributed by atoms with E-state index in [1.165, 1.54) is 47.5 Å². The fourth-order valence-electron chi connectivity index (χ4n) is 4.02. The zero-order valence-electron chi connectivity index (χ0n) is 20.1. The lowest BCUT2D eigenvalue weighted by Crippen LogP contribution is -2.40. The molecule has 0 radical (unpaired) electrons. The van der Waals surface area contributed by atoms with Gasteiger partial charge < -0.3 is 10.1 Å². The first kappa shape index (κ1) is 25.8. The van der Waals surface area contributed by atoms with Gasteiger partial charge in [0.15, 0.2) is 0 Å². The van der Waals surface area contributed by atoms with Crippen LogP contribution in [0.3, 0.4) is 0 Å². The van der Waals surface area contributed by atoms with Gasteiger partial charge in [0.2, 0.25) is 0 Å². The molecule has 2 N–H and O–H groups in total. The summed E-state index contributed by atoms with van der Waals surface area (Å²) in [6.45, 7) is 0.131. The van der Waals surface area contributed by atoms with Crippen molar-refractivity contribution >= 4 is 23.0 Å². The molecule has 0 fully saturated rings. The van der Waals surface area contributed by atoms with Crippen LogP contribution in [0.25, 0.3) is 11.3 Å².